The van der Waals surface area contributed by atoms with Crippen LogP contribution in [0.5, 0.6) is 0 Å². The van der Waals surface area contributed by atoms with Gasteiger partial charge in [0.05, 0.1) is 0 Å². The molecular weight excluding hydrogens is 406 g/mol. The molecule has 0 bridgehead atoms. The number of aryl methyl sites for hydroxylation is 1. The van der Waals surface area contributed by atoms with Gasteiger partial charge >= 0.3 is 0 Å². The predicted molar refractivity (Wildman–Crippen MR) is 141 cm³/mol. The van der Waals surface area contributed by atoms with Gasteiger partial charge in [-0.05, 0) is 86.4 Å². The van der Waals surface area contributed by atoms with Crippen LogP contribution in [0.3, 0.4) is 0 Å². The third-order valence-corrected chi connectivity index (χ3v) is 8.04. The molecule has 3 rings (SSSR count). The van der Waals surface area contributed by atoms with Gasteiger partial charge < -0.3 is 10.2 Å². The minimum atomic E-state index is 0.160. The molecule has 0 radical (unpaired) electrons. The maximum atomic E-state index is 12.0. The maximum Gasteiger partial charge on any atom is 0.220 e. The Morgan fingerprint density at radius 1 is 1.03 bits per heavy atom. The third-order valence-electron chi connectivity index (χ3n) is 8.04. The number of hydrogen-bond donors (Lipinski definition) is 1. The Morgan fingerprint density at radius 3 is 2.33 bits per heavy atom. The molecule has 4 nitrogen and oxygen atoms in total. The SMILES string of the molecule is CCCCN1CCN(c2cc(CCC(=O)NCC)ccc2C2CCC(C(C)(C)C)CC2)CC1. The second-order valence-corrected chi connectivity index (χ2v) is 11.4. The van der Waals surface area contributed by atoms with Crippen LogP contribution in [0, 0.1) is 11.3 Å². The molecule has 0 spiro atoms. The lowest BCUT2D eigenvalue weighted by atomic mass is 9.68. The van der Waals surface area contributed by atoms with Gasteiger partial charge in [-0.2, -0.15) is 0 Å². The van der Waals surface area contributed by atoms with Gasteiger partial charge in [0.2, 0.25) is 5.91 Å². The second kappa shape index (κ2) is 12.2. The number of benzene rings is 1. The maximum absolute atomic E-state index is 12.0. The molecule has 186 valence electrons. The van der Waals surface area contributed by atoms with Gasteiger partial charge in [-0.3, -0.25) is 9.69 Å². The normalized spacial score (nSPS) is 22.4. The molecule has 0 unspecified atom stereocenters. The monoisotopic (exact) mass is 455 g/mol. The Kier molecular flexibility index (Phi) is 9.67. The first-order valence-electron chi connectivity index (χ1n) is 13.7. The Balaban J connectivity index is 1.74. The number of carbonyl (C=O) groups excluding carboxylic acids is 1. The minimum absolute atomic E-state index is 0.160. The zero-order valence-corrected chi connectivity index (χ0v) is 22.1. The quantitative estimate of drug-likeness (QED) is 0.496. The number of carbonyl (C=O) groups is 1. The van der Waals surface area contributed by atoms with Crippen LogP contribution in [0.2, 0.25) is 0 Å². The van der Waals surface area contributed by atoms with E-state index in [1.54, 1.807) is 5.56 Å². The minimum Gasteiger partial charge on any atom is -0.369 e. The zero-order chi connectivity index (χ0) is 23.8. The van der Waals surface area contributed by atoms with E-state index in [1.165, 1.54) is 69.4 Å². The third kappa shape index (κ3) is 7.47. The molecule has 1 aromatic rings. The molecule has 4 heteroatoms. The van der Waals surface area contributed by atoms with Crippen LogP contribution in [-0.2, 0) is 11.2 Å². The fourth-order valence-corrected chi connectivity index (χ4v) is 5.77. The highest BCUT2D eigenvalue weighted by atomic mass is 16.1. The van der Waals surface area contributed by atoms with Crippen molar-refractivity contribution in [3.63, 3.8) is 0 Å². The van der Waals surface area contributed by atoms with E-state index in [2.05, 4.69) is 61.0 Å². The first kappa shape index (κ1) is 26.1. The molecule has 2 aliphatic rings. The summed E-state index contributed by atoms with van der Waals surface area (Å²) in [5, 5.41) is 2.94. The van der Waals surface area contributed by atoms with Crippen LogP contribution in [0.4, 0.5) is 5.69 Å². The number of hydrogen-bond acceptors (Lipinski definition) is 3. The number of unbranched alkanes of at least 4 members (excludes halogenated alkanes) is 1. The van der Waals surface area contributed by atoms with Crippen molar-refractivity contribution in [3.8, 4) is 0 Å². The number of anilines is 1. The molecule has 1 N–H and O–H groups in total. The lowest BCUT2D eigenvalue weighted by Gasteiger charge is -2.40. The van der Waals surface area contributed by atoms with Crippen molar-refractivity contribution in [1.82, 2.24) is 10.2 Å². The van der Waals surface area contributed by atoms with Crippen molar-refractivity contribution in [3.05, 3.63) is 29.3 Å². The van der Waals surface area contributed by atoms with E-state index in [1.807, 2.05) is 6.92 Å². The number of nitrogens with one attached hydrogen (secondary N) is 1. The Hall–Kier alpha value is -1.55. The van der Waals surface area contributed by atoms with Crippen molar-refractivity contribution in [2.24, 2.45) is 11.3 Å². The predicted octanol–water partition coefficient (Wildman–Crippen LogP) is 6.00. The largest absolute Gasteiger partial charge is 0.369 e. The Morgan fingerprint density at radius 2 is 1.73 bits per heavy atom. The summed E-state index contributed by atoms with van der Waals surface area (Å²) in [6.45, 7) is 18.0. The Labute approximate surface area is 203 Å². The van der Waals surface area contributed by atoms with Crippen molar-refractivity contribution >= 4 is 11.6 Å². The van der Waals surface area contributed by atoms with E-state index >= 15 is 0 Å². The van der Waals surface area contributed by atoms with Gasteiger partial charge in [0.25, 0.3) is 0 Å². The average Bonchev–Trinajstić information content (AvgIpc) is 2.81. The molecule has 0 aromatic heterocycles. The standard InChI is InChI=1S/C29H49N3O/c1-6-8-17-31-18-20-32(21-19-31)27-22-23(10-16-28(33)30-7-2)9-15-26(27)24-11-13-25(14-12-24)29(3,4)5/h9,15,22,24-25H,6-8,10-14,16-21H2,1-5H3,(H,30,33). The second-order valence-electron chi connectivity index (χ2n) is 11.4. The highest BCUT2D eigenvalue weighted by Gasteiger charge is 2.32. The molecule has 0 atom stereocenters. The van der Waals surface area contributed by atoms with Crippen LogP contribution < -0.4 is 10.2 Å². The van der Waals surface area contributed by atoms with Gasteiger partial charge in [0.1, 0.15) is 0 Å². The van der Waals surface area contributed by atoms with E-state index in [0.717, 1.165) is 25.4 Å². The van der Waals surface area contributed by atoms with Crippen LogP contribution in [0.15, 0.2) is 18.2 Å². The smallest absolute Gasteiger partial charge is 0.220 e. The molecule has 2 fully saturated rings. The van der Waals surface area contributed by atoms with Gasteiger partial charge in [-0.1, -0.05) is 46.2 Å². The van der Waals surface area contributed by atoms with Crippen LogP contribution in [0.1, 0.15) is 96.6 Å². The summed E-state index contributed by atoms with van der Waals surface area (Å²) < 4.78 is 0. The van der Waals surface area contributed by atoms with E-state index < -0.39 is 0 Å². The summed E-state index contributed by atoms with van der Waals surface area (Å²) >= 11 is 0. The topological polar surface area (TPSA) is 35.6 Å². The molecule has 1 heterocycles. The molecule has 1 amide bonds. The fraction of sp³-hybridized carbons (Fsp3) is 0.759. The first-order chi connectivity index (χ1) is 15.8. The summed E-state index contributed by atoms with van der Waals surface area (Å²) in [5.41, 5.74) is 4.74. The molecule has 1 saturated heterocycles. The zero-order valence-electron chi connectivity index (χ0n) is 22.1. The molecule has 1 aliphatic carbocycles. The number of rotatable bonds is 9. The van der Waals surface area contributed by atoms with Crippen LogP contribution in [0.25, 0.3) is 0 Å². The van der Waals surface area contributed by atoms with Crippen LogP contribution >= 0.6 is 0 Å². The summed E-state index contributed by atoms with van der Waals surface area (Å²) in [7, 11) is 0. The van der Waals surface area contributed by atoms with Gasteiger partial charge in [-0.15, -0.1) is 0 Å². The van der Waals surface area contributed by atoms with Crippen LogP contribution in [-0.4, -0.2) is 50.1 Å². The lowest BCUT2D eigenvalue weighted by molar-refractivity contribution is -0.120. The first-order valence-corrected chi connectivity index (χ1v) is 13.7. The van der Waals surface area contributed by atoms with E-state index in [4.69, 9.17) is 0 Å². The Bertz CT molecular complexity index is 738. The van der Waals surface area contributed by atoms with Gasteiger partial charge in [0, 0.05) is 44.8 Å². The number of piperazine rings is 1. The fourth-order valence-electron chi connectivity index (χ4n) is 5.77. The highest BCUT2D eigenvalue weighted by Crippen LogP contribution is 2.45. The van der Waals surface area contributed by atoms with Crippen molar-refractivity contribution in [2.75, 3.05) is 44.2 Å². The molecular formula is C29H49N3O. The molecule has 1 aliphatic heterocycles. The van der Waals surface area contributed by atoms with E-state index in [9.17, 15) is 4.79 Å². The highest BCUT2D eigenvalue weighted by molar-refractivity contribution is 5.76. The van der Waals surface area contributed by atoms with Crippen molar-refractivity contribution in [2.45, 2.75) is 91.9 Å². The summed E-state index contributed by atoms with van der Waals surface area (Å²) in [6.07, 6.45) is 9.29. The number of nitrogens with zero attached hydrogens (tertiary/aromatic N) is 2. The average molecular weight is 456 g/mol. The van der Waals surface area contributed by atoms with Crippen molar-refractivity contribution in [1.29, 1.82) is 0 Å². The molecule has 1 saturated carbocycles. The summed E-state index contributed by atoms with van der Waals surface area (Å²) in [4.78, 5) is 17.3. The number of amides is 1. The summed E-state index contributed by atoms with van der Waals surface area (Å²) in [6, 6.07) is 7.13. The lowest BCUT2D eigenvalue weighted by Crippen LogP contribution is -2.47. The van der Waals surface area contributed by atoms with Crippen molar-refractivity contribution < 1.29 is 4.79 Å². The molecule has 33 heavy (non-hydrogen) atoms. The van der Waals surface area contributed by atoms with Gasteiger partial charge in [0.15, 0.2) is 0 Å². The van der Waals surface area contributed by atoms with E-state index in [0.29, 0.717) is 24.3 Å². The molecule has 1 aromatic carbocycles. The van der Waals surface area contributed by atoms with Gasteiger partial charge in [-0.25, -0.2) is 0 Å². The summed E-state index contributed by atoms with van der Waals surface area (Å²) in [5.74, 6) is 1.68. The van der Waals surface area contributed by atoms with E-state index in [-0.39, 0.29) is 5.91 Å².